The molecular formula is C9H17NO. The minimum Gasteiger partial charge on any atom is -0.354 e. The van der Waals surface area contributed by atoms with Crippen molar-refractivity contribution in [3.05, 3.63) is 0 Å². The molecule has 0 spiro atoms. The Hall–Kier alpha value is -0.530. The van der Waals surface area contributed by atoms with Gasteiger partial charge in [0.1, 0.15) is 0 Å². The smallest absolute Gasteiger partial charge is 0.217 e. The van der Waals surface area contributed by atoms with Gasteiger partial charge in [-0.2, -0.15) is 0 Å². The molecule has 64 valence electrons. The minimum absolute atomic E-state index is 0.115. The number of nitrogens with one attached hydrogen (secondary N) is 1. The maximum absolute atomic E-state index is 10.7. The Labute approximate surface area is 68.4 Å². The van der Waals surface area contributed by atoms with E-state index in [0.717, 1.165) is 5.92 Å². The molecule has 2 atom stereocenters. The van der Waals surface area contributed by atoms with Crippen LogP contribution in [-0.2, 0) is 4.79 Å². The van der Waals surface area contributed by atoms with Gasteiger partial charge in [-0.25, -0.2) is 0 Å². The van der Waals surface area contributed by atoms with Crippen LogP contribution in [0.4, 0.5) is 0 Å². The average Bonchev–Trinajstić information content (AvgIpc) is 1.85. The summed E-state index contributed by atoms with van der Waals surface area (Å²) in [5, 5.41) is 2.97. The van der Waals surface area contributed by atoms with Crippen LogP contribution in [0.2, 0.25) is 0 Å². The fourth-order valence-electron chi connectivity index (χ4n) is 1.85. The lowest BCUT2D eigenvalue weighted by molar-refractivity contribution is -0.119. The molecule has 0 bridgehead atoms. The summed E-state index contributed by atoms with van der Waals surface area (Å²) in [4.78, 5) is 10.7. The van der Waals surface area contributed by atoms with Crippen molar-refractivity contribution in [2.45, 2.75) is 45.6 Å². The maximum atomic E-state index is 10.7. The third kappa shape index (κ3) is 2.91. The van der Waals surface area contributed by atoms with E-state index in [9.17, 15) is 4.79 Å². The molecule has 1 aliphatic carbocycles. The molecule has 1 fully saturated rings. The van der Waals surface area contributed by atoms with Crippen molar-refractivity contribution < 1.29 is 4.79 Å². The van der Waals surface area contributed by atoms with Crippen LogP contribution in [0.3, 0.4) is 0 Å². The highest BCUT2D eigenvalue weighted by Gasteiger charge is 2.18. The number of hydrogen-bond acceptors (Lipinski definition) is 1. The predicted octanol–water partition coefficient (Wildman–Crippen LogP) is 1.70. The largest absolute Gasteiger partial charge is 0.354 e. The van der Waals surface area contributed by atoms with Crippen LogP contribution in [0.1, 0.15) is 39.5 Å². The lowest BCUT2D eigenvalue weighted by atomic mass is 9.87. The molecule has 11 heavy (non-hydrogen) atoms. The molecule has 0 radical (unpaired) electrons. The molecule has 1 N–H and O–H groups in total. The normalized spacial score (nSPS) is 31.5. The van der Waals surface area contributed by atoms with E-state index in [-0.39, 0.29) is 5.91 Å². The van der Waals surface area contributed by atoms with Crippen molar-refractivity contribution >= 4 is 5.91 Å². The Morgan fingerprint density at radius 1 is 1.45 bits per heavy atom. The summed E-state index contributed by atoms with van der Waals surface area (Å²) in [6.45, 7) is 3.85. The summed E-state index contributed by atoms with van der Waals surface area (Å²) in [5.74, 6) is 0.907. The third-order valence-electron chi connectivity index (χ3n) is 2.34. The second-order valence-electron chi connectivity index (χ2n) is 3.67. The van der Waals surface area contributed by atoms with Crippen molar-refractivity contribution in [2.75, 3.05) is 0 Å². The number of amides is 1. The maximum Gasteiger partial charge on any atom is 0.217 e. The number of hydrogen-bond donors (Lipinski definition) is 1. The monoisotopic (exact) mass is 155 g/mol. The third-order valence-corrected chi connectivity index (χ3v) is 2.34. The van der Waals surface area contributed by atoms with E-state index in [2.05, 4.69) is 12.2 Å². The molecule has 0 aromatic heterocycles. The number of rotatable bonds is 1. The zero-order valence-corrected chi connectivity index (χ0v) is 7.39. The van der Waals surface area contributed by atoms with E-state index in [4.69, 9.17) is 0 Å². The summed E-state index contributed by atoms with van der Waals surface area (Å²) in [5.41, 5.74) is 0. The molecule has 1 amide bonds. The Morgan fingerprint density at radius 2 is 2.18 bits per heavy atom. The van der Waals surface area contributed by atoms with Gasteiger partial charge in [-0.15, -0.1) is 0 Å². The Balaban J connectivity index is 2.28. The average molecular weight is 155 g/mol. The summed E-state index contributed by atoms with van der Waals surface area (Å²) >= 11 is 0. The number of carbonyl (C=O) groups excluding carboxylic acids is 1. The van der Waals surface area contributed by atoms with Crippen LogP contribution < -0.4 is 5.32 Å². The quantitative estimate of drug-likeness (QED) is 0.613. The molecule has 0 saturated heterocycles. The highest BCUT2D eigenvalue weighted by Crippen LogP contribution is 2.23. The molecule has 1 aliphatic rings. The topological polar surface area (TPSA) is 29.1 Å². The van der Waals surface area contributed by atoms with Gasteiger partial charge in [0.05, 0.1) is 0 Å². The highest BCUT2D eigenvalue weighted by atomic mass is 16.1. The van der Waals surface area contributed by atoms with Crippen molar-refractivity contribution in [3.63, 3.8) is 0 Å². The second kappa shape index (κ2) is 3.74. The Morgan fingerprint density at radius 3 is 2.73 bits per heavy atom. The zero-order chi connectivity index (χ0) is 8.27. The van der Waals surface area contributed by atoms with Gasteiger partial charge in [0.25, 0.3) is 0 Å². The van der Waals surface area contributed by atoms with Crippen molar-refractivity contribution in [2.24, 2.45) is 5.92 Å². The standard InChI is InChI=1S/C9H17NO/c1-7-4-3-5-9(6-7)10-8(2)11/h7,9H,3-6H2,1-2H3,(H,10,11)/t7?,9-/m1/s1. The van der Waals surface area contributed by atoms with E-state index in [1.807, 2.05) is 0 Å². The molecule has 0 aromatic rings. The summed E-state index contributed by atoms with van der Waals surface area (Å²) in [6, 6.07) is 0.455. The molecular weight excluding hydrogens is 138 g/mol. The van der Waals surface area contributed by atoms with Crippen LogP contribution >= 0.6 is 0 Å². The summed E-state index contributed by atoms with van der Waals surface area (Å²) < 4.78 is 0. The van der Waals surface area contributed by atoms with E-state index >= 15 is 0 Å². The fourth-order valence-corrected chi connectivity index (χ4v) is 1.85. The van der Waals surface area contributed by atoms with E-state index < -0.39 is 0 Å². The van der Waals surface area contributed by atoms with E-state index in [1.54, 1.807) is 6.92 Å². The Bertz CT molecular complexity index is 144. The lowest BCUT2D eigenvalue weighted by Crippen LogP contribution is -2.36. The second-order valence-corrected chi connectivity index (χ2v) is 3.67. The summed E-state index contributed by atoms with van der Waals surface area (Å²) in [6.07, 6.45) is 4.94. The van der Waals surface area contributed by atoms with Gasteiger partial charge in [0.15, 0.2) is 0 Å². The minimum atomic E-state index is 0.115. The van der Waals surface area contributed by atoms with Gasteiger partial charge >= 0.3 is 0 Å². The first-order chi connectivity index (χ1) is 5.18. The molecule has 1 unspecified atom stereocenters. The number of carbonyl (C=O) groups is 1. The van der Waals surface area contributed by atoms with Crippen LogP contribution in [-0.4, -0.2) is 11.9 Å². The van der Waals surface area contributed by atoms with Gasteiger partial charge in [0.2, 0.25) is 5.91 Å². The van der Waals surface area contributed by atoms with E-state index in [0.29, 0.717) is 6.04 Å². The molecule has 0 aromatic carbocycles. The van der Waals surface area contributed by atoms with Crippen LogP contribution in [0.25, 0.3) is 0 Å². The van der Waals surface area contributed by atoms with Crippen molar-refractivity contribution in [1.82, 2.24) is 5.32 Å². The molecule has 1 saturated carbocycles. The zero-order valence-electron chi connectivity index (χ0n) is 7.39. The van der Waals surface area contributed by atoms with Gasteiger partial charge in [-0.3, -0.25) is 4.79 Å². The Kier molecular flexibility index (Phi) is 2.92. The molecule has 0 heterocycles. The first-order valence-corrected chi connectivity index (χ1v) is 4.45. The molecule has 1 rings (SSSR count). The van der Waals surface area contributed by atoms with Gasteiger partial charge in [-0.1, -0.05) is 19.8 Å². The van der Waals surface area contributed by atoms with Gasteiger partial charge < -0.3 is 5.32 Å². The first-order valence-electron chi connectivity index (χ1n) is 4.45. The van der Waals surface area contributed by atoms with Crippen LogP contribution in [0.5, 0.6) is 0 Å². The van der Waals surface area contributed by atoms with Gasteiger partial charge in [-0.05, 0) is 18.8 Å². The predicted molar refractivity (Wildman–Crippen MR) is 45.2 cm³/mol. The summed E-state index contributed by atoms with van der Waals surface area (Å²) in [7, 11) is 0. The SMILES string of the molecule is CC(=O)N[C@@H]1CCCC(C)C1. The van der Waals surface area contributed by atoms with Crippen LogP contribution in [0, 0.1) is 5.92 Å². The first kappa shape index (κ1) is 8.57. The van der Waals surface area contributed by atoms with Crippen molar-refractivity contribution in [3.8, 4) is 0 Å². The molecule has 0 aliphatic heterocycles. The highest BCUT2D eigenvalue weighted by molar-refractivity contribution is 5.73. The van der Waals surface area contributed by atoms with Crippen LogP contribution in [0.15, 0.2) is 0 Å². The molecule has 2 nitrogen and oxygen atoms in total. The van der Waals surface area contributed by atoms with E-state index in [1.165, 1.54) is 25.7 Å². The van der Waals surface area contributed by atoms with Crippen molar-refractivity contribution in [1.29, 1.82) is 0 Å². The molecule has 2 heteroatoms. The lowest BCUT2D eigenvalue weighted by Gasteiger charge is -2.26. The fraction of sp³-hybridized carbons (Fsp3) is 0.889. The van der Waals surface area contributed by atoms with Gasteiger partial charge in [0, 0.05) is 13.0 Å².